The van der Waals surface area contributed by atoms with Gasteiger partial charge in [-0.15, -0.1) is 11.8 Å². The summed E-state index contributed by atoms with van der Waals surface area (Å²) in [6, 6.07) is 5.99. The zero-order valence-corrected chi connectivity index (χ0v) is 11.8. The van der Waals surface area contributed by atoms with Crippen LogP contribution < -0.4 is 10.6 Å². The van der Waals surface area contributed by atoms with Crippen LogP contribution in [-0.2, 0) is 4.79 Å². The summed E-state index contributed by atoms with van der Waals surface area (Å²) < 4.78 is 13.4. The van der Waals surface area contributed by atoms with Crippen LogP contribution in [0.2, 0.25) is 0 Å². The number of amides is 1. The second-order valence-corrected chi connectivity index (χ2v) is 5.87. The second kappa shape index (κ2) is 7.27. The Morgan fingerprint density at radius 3 is 2.95 bits per heavy atom. The first kappa shape index (κ1) is 14.8. The van der Waals surface area contributed by atoms with E-state index in [0.29, 0.717) is 11.0 Å². The summed E-state index contributed by atoms with van der Waals surface area (Å²) in [6.45, 7) is 1.98. The van der Waals surface area contributed by atoms with Crippen molar-refractivity contribution in [1.82, 2.24) is 5.32 Å². The minimum Gasteiger partial charge on any atom is -0.324 e. The summed E-state index contributed by atoms with van der Waals surface area (Å²) in [4.78, 5) is 11.9. The lowest BCUT2D eigenvalue weighted by molar-refractivity contribution is -0.113. The zero-order chi connectivity index (χ0) is 14.4. The average Bonchev–Trinajstić information content (AvgIpc) is 2.46. The molecule has 1 aromatic carbocycles. The molecule has 1 saturated heterocycles. The molecule has 0 aliphatic carbocycles. The van der Waals surface area contributed by atoms with Gasteiger partial charge in [0.05, 0.1) is 11.4 Å². The van der Waals surface area contributed by atoms with Crippen LogP contribution in [0.5, 0.6) is 0 Å². The number of halogens is 1. The fourth-order valence-corrected chi connectivity index (χ4v) is 3.11. The van der Waals surface area contributed by atoms with E-state index < -0.39 is 5.82 Å². The SMILES string of the molecule is N#Cc1c(F)cccc1NC(=O)CSC1CCNCC1. The lowest BCUT2D eigenvalue weighted by Crippen LogP contribution is -2.30. The number of hydrogen-bond acceptors (Lipinski definition) is 4. The Kier molecular flexibility index (Phi) is 5.39. The van der Waals surface area contributed by atoms with Gasteiger partial charge in [-0.25, -0.2) is 4.39 Å². The van der Waals surface area contributed by atoms with E-state index >= 15 is 0 Å². The molecule has 20 heavy (non-hydrogen) atoms. The van der Waals surface area contributed by atoms with Crippen molar-refractivity contribution in [2.75, 3.05) is 24.2 Å². The molecule has 2 N–H and O–H groups in total. The highest BCUT2D eigenvalue weighted by molar-refractivity contribution is 8.00. The summed E-state index contributed by atoms with van der Waals surface area (Å²) in [5.41, 5.74) is 0.121. The highest BCUT2D eigenvalue weighted by atomic mass is 32.2. The van der Waals surface area contributed by atoms with Gasteiger partial charge in [0, 0.05) is 5.25 Å². The van der Waals surface area contributed by atoms with Crippen molar-refractivity contribution in [3.8, 4) is 6.07 Å². The molecule has 0 bridgehead atoms. The first-order chi connectivity index (χ1) is 9.70. The maximum Gasteiger partial charge on any atom is 0.234 e. The van der Waals surface area contributed by atoms with Gasteiger partial charge < -0.3 is 10.6 Å². The van der Waals surface area contributed by atoms with Crippen molar-refractivity contribution < 1.29 is 9.18 Å². The normalized spacial score (nSPS) is 15.6. The van der Waals surface area contributed by atoms with Gasteiger partial charge in [0.1, 0.15) is 17.4 Å². The van der Waals surface area contributed by atoms with E-state index in [0.717, 1.165) is 25.9 Å². The third kappa shape index (κ3) is 3.95. The summed E-state index contributed by atoms with van der Waals surface area (Å²) in [6.07, 6.45) is 2.11. The van der Waals surface area contributed by atoms with Gasteiger partial charge in [0.15, 0.2) is 0 Å². The predicted molar refractivity (Wildman–Crippen MR) is 78.1 cm³/mol. The van der Waals surface area contributed by atoms with Gasteiger partial charge in [0.2, 0.25) is 5.91 Å². The molecule has 6 heteroatoms. The van der Waals surface area contributed by atoms with E-state index in [-0.39, 0.29) is 17.2 Å². The molecule has 1 heterocycles. The van der Waals surface area contributed by atoms with E-state index in [4.69, 9.17) is 5.26 Å². The lowest BCUT2D eigenvalue weighted by atomic mass is 10.2. The molecule has 0 spiro atoms. The van der Waals surface area contributed by atoms with Crippen LogP contribution in [0, 0.1) is 17.1 Å². The van der Waals surface area contributed by atoms with Gasteiger partial charge in [-0.2, -0.15) is 5.26 Å². The number of thioether (sulfide) groups is 1. The zero-order valence-electron chi connectivity index (χ0n) is 11.0. The van der Waals surface area contributed by atoms with E-state index in [1.54, 1.807) is 17.8 Å². The third-order valence-electron chi connectivity index (χ3n) is 3.14. The molecule has 1 aliphatic rings. The number of piperidine rings is 1. The van der Waals surface area contributed by atoms with Gasteiger partial charge in [0.25, 0.3) is 0 Å². The molecular weight excluding hydrogens is 277 g/mol. The Hall–Kier alpha value is -1.58. The largest absolute Gasteiger partial charge is 0.324 e. The molecule has 0 saturated carbocycles. The number of rotatable bonds is 4. The number of carbonyl (C=O) groups excluding carboxylic acids is 1. The average molecular weight is 293 g/mol. The Morgan fingerprint density at radius 1 is 1.50 bits per heavy atom. The maximum atomic E-state index is 13.4. The number of nitrogens with zero attached hydrogens (tertiary/aromatic N) is 1. The molecule has 4 nitrogen and oxygen atoms in total. The molecule has 1 amide bonds. The molecule has 1 aliphatic heterocycles. The highest BCUT2D eigenvalue weighted by Gasteiger charge is 2.16. The molecule has 0 aromatic heterocycles. The Bertz CT molecular complexity index is 524. The first-order valence-corrected chi connectivity index (χ1v) is 7.56. The van der Waals surface area contributed by atoms with E-state index in [2.05, 4.69) is 10.6 Å². The molecule has 1 aromatic rings. The second-order valence-electron chi connectivity index (χ2n) is 4.58. The Balaban J connectivity index is 1.88. The van der Waals surface area contributed by atoms with Crippen molar-refractivity contribution in [2.24, 2.45) is 0 Å². The van der Waals surface area contributed by atoms with Crippen molar-refractivity contribution in [2.45, 2.75) is 18.1 Å². The van der Waals surface area contributed by atoms with Crippen LogP contribution in [0.1, 0.15) is 18.4 Å². The van der Waals surface area contributed by atoms with Crippen LogP contribution in [-0.4, -0.2) is 30.0 Å². The summed E-state index contributed by atoms with van der Waals surface area (Å²) >= 11 is 1.61. The van der Waals surface area contributed by atoms with Gasteiger partial charge >= 0.3 is 0 Å². The van der Waals surface area contributed by atoms with Crippen LogP contribution in [0.25, 0.3) is 0 Å². The molecule has 0 radical (unpaired) electrons. The number of nitriles is 1. The topological polar surface area (TPSA) is 64.9 Å². The lowest BCUT2D eigenvalue weighted by Gasteiger charge is -2.21. The monoisotopic (exact) mass is 293 g/mol. The number of hydrogen-bond donors (Lipinski definition) is 2. The quantitative estimate of drug-likeness (QED) is 0.892. The maximum absolute atomic E-state index is 13.4. The van der Waals surface area contributed by atoms with Crippen LogP contribution in [0.4, 0.5) is 10.1 Å². The summed E-state index contributed by atoms with van der Waals surface area (Å²) in [7, 11) is 0. The minimum atomic E-state index is -0.615. The summed E-state index contributed by atoms with van der Waals surface area (Å²) in [5.74, 6) is -0.488. The number of nitrogens with one attached hydrogen (secondary N) is 2. The standard InChI is InChI=1S/C14H16FN3OS/c15-12-2-1-3-13(11(12)8-16)18-14(19)9-20-10-4-6-17-7-5-10/h1-3,10,17H,4-7,9H2,(H,18,19). The molecular formula is C14H16FN3OS. The first-order valence-electron chi connectivity index (χ1n) is 6.51. The van der Waals surface area contributed by atoms with E-state index in [9.17, 15) is 9.18 Å². The number of carbonyl (C=O) groups is 1. The molecule has 106 valence electrons. The smallest absolute Gasteiger partial charge is 0.234 e. The van der Waals surface area contributed by atoms with Crippen molar-refractivity contribution in [1.29, 1.82) is 5.26 Å². The van der Waals surface area contributed by atoms with Crippen LogP contribution in [0.3, 0.4) is 0 Å². The highest BCUT2D eigenvalue weighted by Crippen LogP contribution is 2.21. The number of benzene rings is 1. The Morgan fingerprint density at radius 2 is 2.25 bits per heavy atom. The fraction of sp³-hybridized carbons (Fsp3) is 0.429. The van der Waals surface area contributed by atoms with Gasteiger partial charge in [-0.05, 0) is 38.1 Å². The van der Waals surface area contributed by atoms with Gasteiger partial charge in [-0.3, -0.25) is 4.79 Å². The molecule has 0 atom stereocenters. The van der Waals surface area contributed by atoms with Crippen LogP contribution in [0.15, 0.2) is 18.2 Å². The van der Waals surface area contributed by atoms with Gasteiger partial charge in [-0.1, -0.05) is 6.07 Å². The fourth-order valence-electron chi connectivity index (χ4n) is 2.08. The van der Waals surface area contributed by atoms with Crippen molar-refractivity contribution in [3.05, 3.63) is 29.6 Å². The van der Waals surface area contributed by atoms with Crippen LogP contribution >= 0.6 is 11.8 Å². The van der Waals surface area contributed by atoms with Crippen molar-refractivity contribution in [3.63, 3.8) is 0 Å². The third-order valence-corrected chi connectivity index (χ3v) is 4.51. The Labute approximate surface area is 121 Å². The predicted octanol–water partition coefficient (Wildman–Crippen LogP) is 2.12. The van der Waals surface area contributed by atoms with Crippen molar-refractivity contribution >= 4 is 23.4 Å². The molecule has 2 rings (SSSR count). The van der Waals surface area contributed by atoms with E-state index in [1.807, 2.05) is 0 Å². The molecule has 1 fully saturated rings. The molecule has 0 unspecified atom stereocenters. The van der Waals surface area contributed by atoms with E-state index in [1.165, 1.54) is 18.2 Å². The number of anilines is 1. The summed E-state index contributed by atoms with van der Waals surface area (Å²) in [5, 5.41) is 15.3. The minimum absolute atomic E-state index is 0.118.